The molecule has 0 saturated heterocycles. The van der Waals surface area contributed by atoms with E-state index in [0.29, 0.717) is 17.4 Å². The molecular formula is C63H124N2O6P+. The minimum absolute atomic E-state index is 0.0551. The third kappa shape index (κ3) is 56.4. The highest BCUT2D eigenvalue weighted by Gasteiger charge is 2.27. The van der Waals surface area contributed by atoms with E-state index < -0.39 is 20.0 Å². The van der Waals surface area contributed by atoms with E-state index in [9.17, 15) is 19.4 Å². The minimum Gasteiger partial charge on any atom is -0.387 e. The summed E-state index contributed by atoms with van der Waals surface area (Å²) in [6.45, 7) is 4.82. The normalized spacial score (nSPS) is 14.0. The van der Waals surface area contributed by atoms with E-state index in [1.807, 2.05) is 27.2 Å². The van der Waals surface area contributed by atoms with Crippen molar-refractivity contribution in [3.63, 3.8) is 0 Å². The molecule has 0 aliphatic heterocycles. The Bertz CT molecular complexity index is 1270. The van der Waals surface area contributed by atoms with Gasteiger partial charge >= 0.3 is 7.82 Å². The van der Waals surface area contributed by atoms with Crippen LogP contribution in [-0.2, 0) is 18.4 Å². The van der Waals surface area contributed by atoms with Crippen LogP contribution in [0.4, 0.5) is 0 Å². The zero-order valence-corrected chi connectivity index (χ0v) is 49.6. The number of rotatable bonds is 58. The van der Waals surface area contributed by atoms with Crippen LogP contribution in [0, 0.1) is 0 Å². The Balaban J connectivity index is 4.04. The summed E-state index contributed by atoms with van der Waals surface area (Å²) in [4.78, 5) is 23.3. The van der Waals surface area contributed by atoms with Crippen molar-refractivity contribution in [1.29, 1.82) is 0 Å². The third-order valence-corrected chi connectivity index (χ3v) is 15.3. The molecule has 9 heteroatoms. The van der Waals surface area contributed by atoms with E-state index in [-0.39, 0.29) is 19.1 Å². The second-order valence-corrected chi connectivity index (χ2v) is 24.2. The van der Waals surface area contributed by atoms with Crippen molar-refractivity contribution in [3.8, 4) is 0 Å². The summed E-state index contributed by atoms with van der Waals surface area (Å²) in [5.74, 6) is -0.185. The van der Waals surface area contributed by atoms with Gasteiger partial charge in [-0.3, -0.25) is 13.8 Å². The van der Waals surface area contributed by atoms with Crippen LogP contribution in [0.25, 0.3) is 0 Å². The number of hydrogen-bond donors (Lipinski definition) is 3. The van der Waals surface area contributed by atoms with Gasteiger partial charge in [0.1, 0.15) is 13.2 Å². The van der Waals surface area contributed by atoms with Gasteiger partial charge in [-0.05, 0) is 44.9 Å². The first-order chi connectivity index (χ1) is 35.0. The summed E-state index contributed by atoms with van der Waals surface area (Å²) in [5.41, 5.74) is 0. The number of nitrogens with one attached hydrogen (secondary N) is 1. The Labute approximate surface area is 448 Å². The molecule has 8 nitrogen and oxygen atoms in total. The number of aliphatic hydroxyl groups is 1. The summed E-state index contributed by atoms with van der Waals surface area (Å²) in [6.07, 6.45) is 71.4. The minimum atomic E-state index is -4.36. The van der Waals surface area contributed by atoms with Gasteiger partial charge in [0.15, 0.2) is 0 Å². The van der Waals surface area contributed by atoms with Gasteiger partial charge < -0.3 is 19.8 Å². The van der Waals surface area contributed by atoms with Crippen molar-refractivity contribution in [2.45, 2.75) is 321 Å². The van der Waals surface area contributed by atoms with E-state index in [1.54, 1.807) is 6.08 Å². The number of hydrogen-bond acceptors (Lipinski definition) is 5. The number of carbonyl (C=O) groups excluding carboxylic acids is 1. The Morgan fingerprint density at radius 1 is 0.458 bits per heavy atom. The molecule has 3 atom stereocenters. The number of amides is 1. The molecule has 0 aliphatic carbocycles. The van der Waals surface area contributed by atoms with Crippen LogP contribution < -0.4 is 5.32 Å². The lowest BCUT2D eigenvalue weighted by Gasteiger charge is -2.25. The highest BCUT2D eigenvalue weighted by molar-refractivity contribution is 7.47. The second-order valence-electron chi connectivity index (χ2n) is 22.8. The van der Waals surface area contributed by atoms with Gasteiger partial charge in [-0.25, -0.2) is 4.57 Å². The third-order valence-electron chi connectivity index (χ3n) is 14.3. The van der Waals surface area contributed by atoms with Crippen molar-refractivity contribution < 1.29 is 32.9 Å². The highest BCUT2D eigenvalue weighted by atomic mass is 31.2. The fraction of sp³-hybridized carbons (Fsp3) is 0.889. The van der Waals surface area contributed by atoms with Crippen LogP contribution in [0.5, 0.6) is 0 Å². The molecule has 426 valence electrons. The van der Waals surface area contributed by atoms with Crippen molar-refractivity contribution in [2.75, 3.05) is 40.9 Å². The van der Waals surface area contributed by atoms with Gasteiger partial charge in [-0.2, -0.15) is 0 Å². The number of nitrogens with zero attached hydrogens (tertiary/aromatic N) is 1. The van der Waals surface area contributed by atoms with Gasteiger partial charge in [0.05, 0.1) is 39.9 Å². The molecule has 0 bridgehead atoms. The van der Waals surface area contributed by atoms with Crippen molar-refractivity contribution in [3.05, 3.63) is 36.5 Å². The van der Waals surface area contributed by atoms with Gasteiger partial charge in [-0.1, -0.05) is 294 Å². The summed E-state index contributed by atoms with van der Waals surface area (Å²) >= 11 is 0. The lowest BCUT2D eigenvalue weighted by atomic mass is 10.0. The van der Waals surface area contributed by atoms with Crippen LogP contribution in [0.15, 0.2) is 36.5 Å². The maximum atomic E-state index is 13.0. The van der Waals surface area contributed by atoms with Gasteiger partial charge in [0.2, 0.25) is 5.91 Å². The lowest BCUT2D eigenvalue weighted by molar-refractivity contribution is -0.870. The predicted molar refractivity (Wildman–Crippen MR) is 314 cm³/mol. The smallest absolute Gasteiger partial charge is 0.387 e. The average Bonchev–Trinajstić information content (AvgIpc) is 3.34. The van der Waals surface area contributed by atoms with Crippen molar-refractivity contribution in [2.24, 2.45) is 0 Å². The zero-order valence-electron chi connectivity index (χ0n) is 48.7. The number of carbonyl (C=O) groups is 1. The van der Waals surface area contributed by atoms with E-state index in [2.05, 4.69) is 43.5 Å². The van der Waals surface area contributed by atoms with Gasteiger partial charge in [0.25, 0.3) is 0 Å². The van der Waals surface area contributed by atoms with Crippen molar-refractivity contribution >= 4 is 13.7 Å². The summed E-state index contributed by atoms with van der Waals surface area (Å²) in [5, 5.41) is 13.9. The van der Waals surface area contributed by atoms with Crippen LogP contribution >= 0.6 is 7.82 Å². The molecule has 0 aromatic carbocycles. The molecule has 72 heavy (non-hydrogen) atoms. The number of aliphatic hydroxyl groups excluding tert-OH is 1. The molecule has 0 aliphatic rings. The fourth-order valence-electron chi connectivity index (χ4n) is 9.43. The lowest BCUT2D eigenvalue weighted by Crippen LogP contribution is -2.45. The number of phosphoric ester groups is 1. The molecule has 0 rings (SSSR count). The summed E-state index contributed by atoms with van der Waals surface area (Å²) < 4.78 is 23.7. The van der Waals surface area contributed by atoms with Gasteiger partial charge in [0, 0.05) is 6.42 Å². The average molecular weight is 1040 g/mol. The Kier molecular flexibility index (Phi) is 53.5. The maximum absolute atomic E-state index is 13.0. The Morgan fingerprint density at radius 2 is 0.764 bits per heavy atom. The van der Waals surface area contributed by atoms with Crippen molar-refractivity contribution in [1.82, 2.24) is 5.32 Å². The first-order valence-corrected chi connectivity index (χ1v) is 32.9. The second kappa shape index (κ2) is 54.5. The van der Waals surface area contributed by atoms with Crippen LogP contribution in [0.1, 0.15) is 309 Å². The SMILES string of the molecule is CCCCCCCCC/C=C/CC/C=C/CC/C=C/C(O)C(COP(=O)(O)OCC[N+](C)(C)C)NC(=O)CCCCCCCCCCCCCCCCCCCCCCCCCCCCCCCCCCC. The van der Waals surface area contributed by atoms with E-state index in [4.69, 9.17) is 9.05 Å². The Hall–Kier alpha value is -1.28. The van der Waals surface area contributed by atoms with Crippen LogP contribution in [-0.4, -0.2) is 73.4 Å². The van der Waals surface area contributed by atoms with E-state index in [1.165, 1.54) is 244 Å². The largest absolute Gasteiger partial charge is 0.472 e. The quantitative estimate of drug-likeness (QED) is 0.0243. The van der Waals surface area contributed by atoms with E-state index >= 15 is 0 Å². The number of phosphoric acid groups is 1. The highest BCUT2D eigenvalue weighted by Crippen LogP contribution is 2.43. The monoisotopic (exact) mass is 1040 g/mol. The molecule has 0 radical (unpaired) electrons. The number of quaternary nitrogens is 1. The fourth-order valence-corrected chi connectivity index (χ4v) is 10.2. The molecule has 0 aromatic heterocycles. The predicted octanol–water partition coefficient (Wildman–Crippen LogP) is 19.3. The van der Waals surface area contributed by atoms with Gasteiger partial charge in [-0.15, -0.1) is 0 Å². The number of unbranched alkanes of at least 4 members (excludes halogenated alkanes) is 41. The molecule has 0 saturated carbocycles. The molecule has 0 spiro atoms. The molecule has 0 fully saturated rings. The van der Waals surface area contributed by atoms with Crippen LogP contribution in [0.3, 0.4) is 0 Å². The number of likely N-dealkylation sites (N-methyl/N-ethyl adjacent to an activating group) is 1. The van der Waals surface area contributed by atoms with Crippen LogP contribution in [0.2, 0.25) is 0 Å². The molecular weight excluding hydrogens is 912 g/mol. The Morgan fingerprint density at radius 3 is 1.11 bits per heavy atom. The summed E-state index contributed by atoms with van der Waals surface area (Å²) in [7, 11) is 1.56. The topological polar surface area (TPSA) is 105 Å². The standard InChI is InChI=1S/C63H123N2O6P/c1-6-8-10-12-14-16-18-20-22-24-25-26-27-28-29-30-31-32-33-34-35-36-37-38-39-41-43-45-47-49-51-53-55-57-63(67)64-61(60-71-72(68,69)70-59-58-65(3,4)5)62(66)56-54-52-50-48-46-44-42-40-23-21-19-17-15-13-11-9-7-2/h23,40,46,48,54,56,61-62,66H,6-22,24-39,41-45,47,49-53,55,57-60H2,1-5H3,(H-,64,67,68,69)/p+1/b40-23+,48-46+,56-54+. The first-order valence-electron chi connectivity index (χ1n) is 31.4. The van der Waals surface area contributed by atoms with E-state index in [0.717, 1.165) is 44.9 Å². The molecule has 3 N–H and O–H groups in total. The summed E-state index contributed by atoms with van der Waals surface area (Å²) in [6, 6.07) is -0.868. The molecule has 3 unspecified atom stereocenters. The maximum Gasteiger partial charge on any atom is 0.472 e. The molecule has 0 aromatic rings. The zero-order chi connectivity index (χ0) is 52.7. The molecule has 0 heterocycles. The number of allylic oxidation sites excluding steroid dienone is 5. The molecule has 1 amide bonds. The first kappa shape index (κ1) is 70.7.